The fraction of sp³-hybridized carbons (Fsp3) is 0.188. The van der Waals surface area contributed by atoms with Gasteiger partial charge in [-0.3, -0.25) is 14.9 Å². The molecule has 7 heteroatoms. The van der Waals surface area contributed by atoms with Gasteiger partial charge >= 0.3 is 0 Å². The van der Waals surface area contributed by atoms with Crippen LogP contribution in [0.1, 0.15) is 11.1 Å². The van der Waals surface area contributed by atoms with Crippen molar-refractivity contribution in [2.24, 2.45) is 0 Å². The van der Waals surface area contributed by atoms with Gasteiger partial charge in [0.25, 0.3) is 11.6 Å². The molecule has 0 saturated heterocycles. The van der Waals surface area contributed by atoms with Crippen LogP contribution in [0.25, 0.3) is 0 Å². The van der Waals surface area contributed by atoms with E-state index in [1.807, 2.05) is 32.0 Å². The molecule has 0 spiro atoms. The number of benzene rings is 2. The summed E-state index contributed by atoms with van der Waals surface area (Å²) in [5.74, 6) is 0.165. The van der Waals surface area contributed by atoms with Crippen LogP contribution in [0.3, 0.4) is 0 Å². The van der Waals surface area contributed by atoms with Crippen molar-refractivity contribution in [3.8, 4) is 5.75 Å². The number of carbonyl (C=O) groups is 1. The highest BCUT2D eigenvalue weighted by molar-refractivity contribution is 6.35. The first-order valence-electron chi connectivity index (χ1n) is 6.81. The zero-order valence-electron chi connectivity index (χ0n) is 12.6. The van der Waals surface area contributed by atoms with E-state index in [0.717, 1.165) is 11.1 Å². The summed E-state index contributed by atoms with van der Waals surface area (Å²) in [5, 5.41) is 13.2. The normalized spacial score (nSPS) is 10.2. The van der Waals surface area contributed by atoms with Gasteiger partial charge in [-0.05, 0) is 37.1 Å². The molecule has 2 aromatic rings. The molecular weight excluding hydrogens is 320 g/mol. The highest BCUT2D eigenvalue weighted by Gasteiger charge is 2.17. The van der Waals surface area contributed by atoms with Crippen LogP contribution in [0.5, 0.6) is 5.75 Å². The lowest BCUT2D eigenvalue weighted by Gasteiger charge is -2.11. The quantitative estimate of drug-likeness (QED) is 0.664. The van der Waals surface area contributed by atoms with Gasteiger partial charge in [0.2, 0.25) is 0 Å². The van der Waals surface area contributed by atoms with Crippen LogP contribution in [-0.4, -0.2) is 17.4 Å². The van der Waals surface area contributed by atoms with Crippen molar-refractivity contribution in [3.63, 3.8) is 0 Å². The maximum atomic E-state index is 12.0. The number of carbonyl (C=O) groups excluding carboxylic acids is 1. The fourth-order valence-corrected chi connectivity index (χ4v) is 2.19. The monoisotopic (exact) mass is 334 g/mol. The van der Waals surface area contributed by atoms with E-state index in [4.69, 9.17) is 16.3 Å². The molecule has 0 saturated carbocycles. The van der Waals surface area contributed by atoms with Gasteiger partial charge in [0.05, 0.1) is 10.6 Å². The summed E-state index contributed by atoms with van der Waals surface area (Å²) >= 11 is 5.91. The molecule has 23 heavy (non-hydrogen) atoms. The molecule has 0 atom stereocenters. The van der Waals surface area contributed by atoms with E-state index in [-0.39, 0.29) is 23.0 Å². The topological polar surface area (TPSA) is 81.5 Å². The second kappa shape index (κ2) is 7.11. The van der Waals surface area contributed by atoms with Crippen molar-refractivity contribution in [1.82, 2.24) is 0 Å². The van der Waals surface area contributed by atoms with Gasteiger partial charge in [-0.1, -0.05) is 29.8 Å². The molecule has 6 nitrogen and oxygen atoms in total. The minimum absolute atomic E-state index is 0.113. The second-order valence-corrected chi connectivity index (χ2v) is 5.38. The molecule has 1 N–H and O–H groups in total. The Labute approximate surface area is 138 Å². The first kappa shape index (κ1) is 16.8. The third kappa shape index (κ3) is 4.20. The lowest BCUT2D eigenvalue weighted by molar-refractivity contribution is -0.384. The summed E-state index contributed by atoms with van der Waals surface area (Å²) in [6.45, 7) is 3.59. The summed E-state index contributed by atoms with van der Waals surface area (Å²) < 4.78 is 5.48. The summed E-state index contributed by atoms with van der Waals surface area (Å²) in [6, 6.07) is 9.90. The zero-order valence-corrected chi connectivity index (χ0v) is 13.4. The van der Waals surface area contributed by atoms with Gasteiger partial charge in [-0.25, -0.2) is 0 Å². The van der Waals surface area contributed by atoms with Gasteiger partial charge in [0.15, 0.2) is 6.61 Å². The van der Waals surface area contributed by atoms with E-state index in [2.05, 4.69) is 5.32 Å². The Morgan fingerprint density at radius 2 is 2.04 bits per heavy atom. The number of ether oxygens (including phenoxy) is 1. The first-order chi connectivity index (χ1) is 10.9. The van der Waals surface area contributed by atoms with Gasteiger partial charge in [0.1, 0.15) is 10.8 Å². The lowest BCUT2D eigenvalue weighted by atomic mass is 10.1. The molecule has 0 fully saturated rings. The fourth-order valence-electron chi connectivity index (χ4n) is 1.95. The standard InChI is InChI=1S/C16H15ClN2O4/c1-10-6-7-11(2)14(8-10)23-9-15(20)18-12-4-3-5-13(16(12)17)19(21)22/h3-8H,9H2,1-2H3,(H,18,20). The second-order valence-electron chi connectivity index (χ2n) is 5.00. The molecule has 0 aliphatic carbocycles. The van der Waals surface area contributed by atoms with Gasteiger partial charge in [-0.15, -0.1) is 0 Å². The average Bonchev–Trinajstić information content (AvgIpc) is 2.50. The predicted molar refractivity (Wildman–Crippen MR) is 88.1 cm³/mol. The van der Waals surface area contributed by atoms with E-state index in [0.29, 0.717) is 5.75 Å². The number of nitrogens with one attached hydrogen (secondary N) is 1. The number of hydrogen-bond acceptors (Lipinski definition) is 4. The van der Waals surface area contributed by atoms with Crippen molar-refractivity contribution in [2.45, 2.75) is 13.8 Å². The molecule has 120 valence electrons. The number of amides is 1. The van der Waals surface area contributed by atoms with Crippen molar-refractivity contribution in [1.29, 1.82) is 0 Å². The Balaban J connectivity index is 2.04. The number of halogens is 1. The van der Waals surface area contributed by atoms with Crippen LogP contribution < -0.4 is 10.1 Å². The molecule has 0 heterocycles. The van der Waals surface area contributed by atoms with Crippen LogP contribution in [-0.2, 0) is 4.79 Å². The van der Waals surface area contributed by atoms with Crippen LogP contribution in [0.2, 0.25) is 5.02 Å². The Hall–Kier alpha value is -2.60. The molecule has 0 aliphatic rings. The van der Waals surface area contributed by atoms with Crippen LogP contribution >= 0.6 is 11.6 Å². The molecule has 2 aromatic carbocycles. The number of aryl methyl sites for hydroxylation is 2. The van der Waals surface area contributed by atoms with Crippen LogP contribution in [0, 0.1) is 24.0 Å². The maximum absolute atomic E-state index is 12.0. The molecule has 0 radical (unpaired) electrons. The number of anilines is 1. The number of nitro benzene ring substituents is 1. The van der Waals surface area contributed by atoms with E-state index in [1.165, 1.54) is 18.2 Å². The Morgan fingerprint density at radius 3 is 2.74 bits per heavy atom. The van der Waals surface area contributed by atoms with Crippen LogP contribution in [0.15, 0.2) is 36.4 Å². The Morgan fingerprint density at radius 1 is 1.30 bits per heavy atom. The van der Waals surface area contributed by atoms with Gasteiger partial charge in [0, 0.05) is 6.07 Å². The summed E-state index contributed by atoms with van der Waals surface area (Å²) in [4.78, 5) is 22.2. The molecule has 0 bridgehead atoms. The summed E-state index contributed by atoms with van der Waals surface area (Å²) in [7, 11) is 0. The largest absolute Gasteiger partial charge is 0.483 e. The minimum atomic E-state index is -0.607. The van der Waals surface area contributed by atoms with Crippen molar-refractivity contribution >= 4 is 28.9 Å². The Kier molecular flexibility index (Phi) is 5.18. The number of nitrogens with zero attached hydrogens (tertiary/aromatic N) is 1. The van der Waals surface area contributed by atoms with Crippen LogP contribution in [0.4, 0.5) is 11.4 Å². The minimum Gasteiger partial charge on any atom is -0.483 e. The zero-order chi connectivity index (χ0) is 17.0. The highest BCUT2D eigenvalue weighted by atomic mass is 35.5. The van der Waals surface area contributed by atoms with Gasteiger partial charge in [-0.2, -0.15) is 0 Å². The van der Waals surface area contributed by atoms with Crippen molar-refractivity contribution in [2.75, 3.05) is 11.9 Å². The van der Waals surface area contributed by atoms with E-state index < -0.39 is 10.8 Å². The first-order valence-corrected chi connectivity index (χ1v) is 7.19. The SMILES string of the molecule is Cc1ccc(C)c(OCC(=O)Nc2cccc([N+](=O)[O-])c2Cl)c1. The lowest BCUT2D eigenvalue weighted by Crippen LogP contribution is -2.20. The predicted octanol–water partition coefficient (Wildman–Crippen LogP) is 3.88. The van der Waals surface area contributed by atoms with Crippen molar-refractivity contribution in [3.05, 3.63) is 62.7 Å². The van der Waals surface area contributed by atoms with E-state index >= 15 is 0 Å². The van der Waals surface area contributed by atoms with Crippen molar-refractivity contribution < 1.29 is 14.5 Å². The maximum Gasteiger partial charge on any atom is 0.290 e. The average molecular weight is 335 g/mol. The number of rotatable bonds is 5. The smallest absolute Gasteiger partial charge is 0.290 e. The molecular formula is C16H15ClN2O4. The molecule has 2 rings (SSSR count). The highest BCUT2D eigenvalue weighted by Crippen LogP contribution is 2.31. The summed E-state index contributed by atoms with van der Waals surface area (Å²) in [5.41, 5.74) is 1.85. The van der Waals surface area contributed by atoms with E-state index in [9.17, 15) is 14.9 Å². The molecule has 0 unspecified atom stereocenters. The Bertz CT molecular complexity index is 762. The number of nitro groups is 1. The molecule has 1 amide bonds. The third-order valence-corrected chi connectivity index (χ3v) is 3.55. The third-order valence-electron chi connectivity index (χ3n) is 3.15. The molecule has 0 aromatic heterocycles. The number of hydrogen-bond donors (Lipinski definition) is 1. The van der Waals surface area contributed by atoms with E-state index in [1.54, 1.807) is 0 Å². The molecule has 0 aliphatic heterocycles. The van der Waals surface area contributed by atoms with Gasteiger partial charge < -0.3 is 10.1 Å². The summed E-state index contributed by atoms with van der Waals surface area (Å²) in [6.07, 6.45) is 0.